The van der Waals surface area contributed by atoms with E-state index in [4.69, 9.17) is 0 Å². The van der Waals surface area contributed by atoms with Gasteiger partial charge in [-0.3, -0.25) is 4.79 Å². The third kappa shape index (κ3) is 4.09. The quantitative estimate of drug-likeness (QED) is 0.872. The maximum Gasteiger partial charge on any atom is 0.251 e. The highest BCUT2D eigenvalue weighted by molar-refractivity contribution is 5.95. The molecule has 1 amide bonds. The van der Waals surface area contributed by atoms with Crippen LogP contribution in [0, 0.1) is 6.92 Å². The van der Waals surface area contributed by atoms with E-state index in [0.29, 0.717) is 12.1 Å². The lowest BCUT2D eigenvalue weighted by atomic mass is 10.1. The zero-order valence-electron chi connectivity index (χ0n) is 12.8. The minimum absolute atomic E-state index is 0.0376. The topological polar surface area (TPSA) is 41.1 Å². The zero-order valence-corrected chi connectivity index (χ0v) is 12.8. The molecule has 0 aliphatic carbocycles. The second kappa shape index (κ2) is 6.93. The Morgan fingerprint density at radius 3 is 2.62 bits per heavy atom. The van der Waals surface area contributed by atoms with Crippen molar-refractivity contribution in [2.45, 2.75) is 26.8 Å². The van der Waals surface area contributed by atoms with E-state index in [2.05, 4.69) is 48.7 Å². The van der Waals surface area contributed by atoms with E-state index >= 15 is 0 Å². The van der Waals surface area contributed by atoms with Gasteiger partial charge in [-0.2, -0.15) is 0 Å². The summed E-state index contributed by atoms with van der Waals surface area (Å²) >= 11 is 0. The highest BCUT2D eigenvalue weighted by atomic mass is 16.1. The predicted octanol–water partition coefficient (Wildman–Crippen LogP) is 3.92. The second-order valence-corrected chi connectivity index (χ2v) is 5.22. The van der Waals surface area contributed by atoms with Gasteiger partial charge in [0.15, 0.2) is 0 Å². The number of hydrogen-bond donors (Lipinski definition) is 2. The molecular weight excluding hydrogens is 260 g/mol. The molecule has 21 heavy (non-hydrogen) atoms. The van der Waals surface area contributed by atoms with Crippen LogP contribution >= 0.6 is 0 Å². The van der Waals surface area contributed by atoms with Crippen LogP contribution in [0.1, 0.15) is 41.4 Å². The first-order chi connectivity index (χ1) is 10.1. The van der Waals surface area contributed by atoms with Crippen molar-refractivity contribution in [3.05, 3.63) is 65.2 Å². The van der Waals surface area contributed by atoms with Crippen LogP contribution < -0.4 is 10.6 Å². The summed E-state index contributed by atoms with van der Waals surface area (Å²) < 4.78 is 0. The van der Waals surface area contributed by atoms with Crippen LogP contribution in [0.3, 0.4) is 0 Å². The Balaban J connectivity index is 2.12. The third-order valence-electron chi connectivity index (χ3n) is 3.39. The van der Waals surface area contributed by atoms with Crippen LogP contribution in [0.25, 0.3) is 0 Å². The molecule has 0 radical (unpaired) electrons. The number of aryl methyl sites for hydroxylation is 1. The van der Waals surface area contributed by atoms with Crippen molar-refractivity contribution in [3.8, 4) is 0 Å². The minimum Gasteiger partial charge on any atom is -0.379 e. The van der Waals surface area contributed by atoms with E-state index in [1.165, 1.54) is 11.1 Å². The molecule has 1 atom stereocenters. The number of carbonyl (C=O) groups is 1. The Morgan fingerprint density at radius 1 is 1.14 bits per heavy atom. The maximum atomic E-state index is 11.9. The van der Waals surface area contributed by atoms with Crippen molar-refractivity contribution >= 4 is 11.6 Å². The summed E-state index contributed by atoms with van der Waals surface area (Å²) in [6.45, 7) is 6.76. The lowest BCUT2D eigenvalue weighted by molar-refractivity contribution is 0.0956. The molecule has 0 aromatic heterocycles. The highest BCUT2D eigenvalue weighted by Gasteiger charge is 2.08. The molecule has 0 aliphatic rings. The molecular formula is C18H22N2O. The molecule has 0 spiro atoms. The summed E-state index contributed by atoms with van der Waals surface area (Å²) in [5, 5.41) is 6.26. The fourth-order valence-corrected chi connectivity index (χ4v) is 2.29. The maximum absolute atomic E-state index is 11.9. The van der Waals surface area contributed by atoms with Crippen molar-refractivity contribution in [1.29, 1.82) is 0 Å². The van der Waals surface area contributed by atoms with E-state index in [-0.39, 0.29) is 11.9 Å². The van der Waals surface area contributed by atoms with Gasteiger partial charge in [-0.15, -0.1) is 0 Å². The Labute approximate surface area is 126 Å². The molecule has 2 aromatic rings. The van der Waals surface area contributed by atoms with Crippen LogP contribution in [0.4, 0.5) is 5.69 Å². The number of rotatable bonds is 5. The molecule has 110 valence electrons. The van der Waals surface area contributed by atoms with E-state index in [1.54, 1.807) is 0 Å². The molecule has 0 saturated carbocycles. The van der Waals surface area contributed by atoms with Crippen molar-refractivity contribution in [1.82, 2.24) is 5.32 Å². The van der Waals surface area contributed by atoms with E-state index in [0.717, 1.165) is 5.69 Å². The molecule has 0 aliphatic heterocycles. The van der Waals surface area contributed by atoms with Gasteiger partial charge in [-0.25, -0.2) is 0 Å². The van der Waals surface area contributed by atoms with Gasteiger partial charge in [-0.05, 0) is 44.5 Å². The first-order valence-electron chi connectivity index (χ1n) is 7.31. The monoisotopic (exact) mass is 282 g/mol. The number of nitrogens with one attached hydrogen (secondary N) is 2. The fourth-order valence-electron chi connectivity index (χ4n) is 2.29. The van der Waals surface area contributed by atoms with Gasteiger partial charge in [0.1, 0.15) is 0 Å². The number of anilines is 1. The van der Waals surface area contributed by atoms with Gasteiger partial charge < -0.3 is 10.6 Å². The molecule has 2 aromatic carbocycles. The van der Waals surface area contributed by atoms with E-state index < -0.39 is 0 Å². The van der Waals surface area contributed by atoms with Crippen molar-refractivity contribution in [2.24, 2.45) is 0 Å². The van der Waals surface area contributed by atoms with Crippen LogP contribution in [-0.2, 0) is 0 Å². The second-order valence-electron chi connectivity index (χ2n) is 5.22. The van der Waals surface area contributed by atoms with Gasteiger partial charge in [0.25, 0.3) is 5.91 Å². The standard InChI is InChI=1S/C18H22N2O/c1-4-19-18(21)16-9-6-10-17(12-16)20-14(3)15-8-5-7-13(2)11-15/h5-12,14,20H,4H2,1-3H3,(H,19,21). The Kier molecular flexibility index (Phi) is 4.99. The van der Waals surface area contributed by atoms with Crippen LogP contribution in [0.5, 0.6) is 0 Å². The number of amides is 1. The smallest absolute Gasteiger partial charge is 0.251 e. The Bertz CT molecular complexity index is 622. The highest BCUT2D eigenvalue weighted by Crippen LogP contribution is 2.20. The number of hydrogen-bond acceptors (Lipinski definition) is 2. The average molecular weight is 282 g/mol. The Morgan fingerprint density at radius 2 is 1.90 bits per heavy atom. The summed E-state index contributed by atoms with van der Waals surface area (Å²) in [6.07, 6.45) is 0. The van der Waals surface area contributed by atoms with Crippen molar-refractivity contribution in [3.63, 3.8) is 0 Å². The molecule has 0 heterocycles. The average Bonchev–Trinajstić information content (AvgIpc) is 2.48. The molecule has 0 fully saturated rings. The van der Waals surface area contributed by atoms with Gasteiger partial charge >= 0.3 is 0 Å². The number of benzene rings is 2. The first-order valence-corrected chi connectivity index (χ1v) is 7.31. The summed E-state index contributed by atoms with van der Waals surface area (Å²) in [4.78, 5) is 11.9. The summed E-state index contributed by atoms with van der Waals surface area (Å²) in [5.74, 6) is -0.0376. The van der Waals surface area contributed by atoms with Crippen LogP contribution in [-0.4, -0.2) is 12.5 Å². The first kappa shape index (κ1) is 15.1. The molecule has 2 N–H and O–H groups in total. The largest absolute Gasteiger partial charge is 0.379 e. The minimum atomic E-state index is -0.0376. The van der Waals surface area contributed by atoms with Crippen LogP contribution in [0.15, 0.2) is 48.5 Å². The zero-order chi connectivity index (χ0) is 15.2. The van der Waals surface area contributed by atoms with E-state index in [1.807, 2.05) is 31.2 Å². The van der Waals surface area contributed by atoms with Gasteiger partial charge in [0.2, 0.25) is 0 Å². The molecule has 0 saturated heterocycles. The molecule has 2 rings (SSSR count). The summed E-state index contributed by atoms with van der Waals surface area (Å²) in [6, 6.07) is 16.2. The number of carbonyl (C=O) groups excluding carboxylic acids is 1. The predicted molar refractivity (Wildman–Crippen MR) is 87.7 cm³/mol. The summed E-state index contributed by atoms with van der Waals surface area (Å²) in [7, 11) is 0. The lowest BCUT2D eigenvalue weighted by Crippen LogP contribution is -2.22. The SMILES string of the molecule is CCNC(=O)c1cccc(NC(C)c2cccc(C)c2)c1. The van der Waals surface area contributed by atoms with Crippen molar-refractivity contribution in [2.75, 3.05) is 11.9 Å². The third-order valence-corrected chi connectivity index (χ3v) is 3.39. The molecule has 1 unspecified atom stereocenters. The lowest BCUT2D eigenvalue weighted by Gasteiger charge is -2.17. The molecule has 0 bridgehead atoms. The van der Waals surface area contributed by atoms with Gasteiger partial charge in [0.05, 0.1) is 0 Å². The van der Waals surface area contributed by atoms with Crippen LogP contribution in [0.2, 0.25) is 0 Å². The van der Waals surface area contributed by atoms with Gasteiger partial charge in [-0.1, -0.05) is 35.9 Å². The Hall–Kier alpha value is -2.29. The van der Waals surface area contributed by atoms with Crippen molar-refractivity contribution < 1.29 is 4.79 Å². The summed E-state index contributed by atoms with van der Waals surface area (Å²) in [5.41, 5.74) is 4.11. The van der Waals surface area contributed by atoms with E-state index in [9.17, 15) is 4.79 Å². The van der Waals surface area contributed by atoms with Gasteiger partial charge in [0, 0.05) is 23.8 Å². The molecule has 3 heteroatoms. The normalized spacial score (nSPS) is 11.8. The molecule has 3 nitrogen and oxygen atoms in total. The fraction of sp³-hybridized carbons (Fsp3) is 0.278.